The van der Waals surface area contributed by atoms with Crippen molar-refractivity contribution in [3.05, 3.63) is 58.9 Å². The minimum Gasteiger partial charge on any atom is -0.327 e. The Balaban J connectivity index is 1.56. The molecule has 1 aliphatic rings. The number of nitrogens with zero attached hydrogens (tertiary/aromatic N) is 3. The number of hydrogen-bond donors (Lipinski definition) is 1. The number of hydrogen-bond acceptors (Lipinski definition) is 3. The van der Waals surface area contributed by atoms with Gasteiger partial charge in [-0.3, -0.25) is 9.69 Å². The third-order valence-corrected chi connectivity index (χ3v) is 5.57. The van der Waals surface area contributed by atoms with Crippen LogP contribution in [0.1, 0.15) is 42.4 Å². The number of piperidine rings is 1. The number of imidazole rings is 1. The summed E-state index contributed by atoms with van der Waals surface area (Å²) in [6.45, 7) is 6.22. The third kappa shape index (κ3) is 4.05. The minimum atomic E-state index is -0.153. The Bertz CT molecular complexity index is 974. The number of rotatable bonds is 5. The Labute approximate surface area is 170 Å². The summed E-state index contributed by atoms with van der Waals surface area (Å²) >= 11 is 5.90. The number of nitrogens with one attached hydrogen (secondary N) is 1. The molecule has 1 saturated heterocycles. The van der Waals surface area contributed by atoms with Crippen LogP contribution in [0.5, 0.6) is 0 Å². The minimum absolute atomic E-state index is 0.153. The lowest BCUT2D eigenvalue weighted by Crippen LogP contribution is -2.30. The zero-order valence-electron chi connectivity index (χ0n) is 16.1. The summed E-state index contributed by atoms with van der Waals surface area (Å²) in [4.78, 5) is 19.8. The fourth-order valence-corrected chi connectivity index (χ4v) is 3.98. The normalized spacial score (nSPS) is 15.1. The first-order chi connectivity index (χ1) is 13.6. The smallest absolute Gasteiger partial charge is 0.255 e. The van der Waals surface area contributed by atoms with E-state index in [0.29, 0.717) is 10.6 Å². The molecular weight excluding hydrogens is 372 g/mol. The summed E-state index contributed by atoms with van der Waals surface area (Å²) in [6.07, 6.45) is 3.87. The van der Waals surface area contributed by atoms with Crippen molar-refractivity contribution in [2.75, 3.05) is 18.4 Å². The largest absolute Gasteiger partial charge is 0.327 e. The van der Waals surface area contributed by atoms with Gasteiger partial charge in [0.15, 0.2) is 0 Å². The molecule has 1 amide bonds. The van der Waals surface area contributed by atoms with E-state index in [1.165, 1.54) is 19.3 Å². The van der Waals surface area contributed by atoms with Crippen LogP contribution in [-0.2, 0) is 13.1 Å². The van der Waals surface area contributed by atoms with Gasteiger partial charge in [0.05, 0.1) is 17.6 Å². The van der Waals surface area contributed by atoms with Gasteiger partial charge in [0, 0.05) is 22.8 Å². The molecule has 4 rings (SSSR count). The lowest BCUT2D eigenvalue weighted by molar-refractivity contribution is 0.102. The number of halogens is 1. The van der Waals surface area contributed by atoms with E-state index in [0.717, 1.165) is 48.7 Å². The van der Waals surface area contributed by atoms with Crippen molar-refractivity contribution in [1.82, 2.24) is 14.5 Å². The van der Waals surface area contributed by atoms with E-state index >= 15 is 0 Å². The van der Waals surface area contributed by atoms with Gasteiger partial charge in [-0.15, -0.1) is 0 Å². The standard InChI is InChI=1S/C22H25ClN4O/c1-2-27-20-11-10-18(24-22(28)16-6-8-17(23)9-7-16)14-19(20)25-21(27)15-26-12-4-3-5-13-26/h6-11,14H,2-5,12-13,15H2,1H3,(H,24,28). The fourth-order valence-electron chi connectivity index (χ4n) is 3.85. The first-order valence-electron chi connectivity index (χ1n) is 9.92. The Hall–Kier alpha value is -2.37. The second-order valence-electron chi connectivity index (χ2n) is 7.27. The van der Waals surface area contributed by atoms with E-state index < -0.39 is 0 Å². The van der Waals surface area contributed by atoms with E-state index in [1.807, 2.05) is 18.2 Å². The first kappa shape index (κ1) is 19.0. The van der Waals surface area contributed by atoms with E-state index in [-0.39, 0.29) is 5.91 Å². The van der Waals surface area contributed by atoms with Gasteiger partial charge in [-0.05, 0) is 75.3 Å². The predicted molar refractivity (Wildman–Crippen MR) is 114 cm³/mol. The molecule has 1 aliphatic heterocycles. The molecule has 0 unspecified atom stereocenters. The van der Waals surface area contributed by atoms with E-state index in [1.54, 1.807) is 24.3 Å². The maximum absolute atomic E-state index is 12.5. The van der Waals surface area contributed by atoms with Gasteiger partial charge < -0.3 is 9.88 Å². The molecule has 6 heteroatoms. The van der Waals surface area contributed by atoms with Crippen LogP contribution in [-0.4, -0.2) is 33.4 Å². The molecule has 2 heterocycles. The Morgan fingerprint density at radius 3 is 2.57 bits per heavy atom. The van der Waals surface area contributed by atoms with Crippen LogP contribution in [0.25, 0.3) is 11.0 Å². The predicted octanol–water partition coefficient (Wildman–Crippen LogP) is 4.95. The van der Waals surface area contributed by atoms with Crippen molar-refractivity contribution in [3.63, 3.8) is 0 Å². The second kappa shape index (κ2) is 8.33. The van der Waals surface area contributed by atoms with Crippen LogP contribution < -0.4 is 5.32 Å². The highest BCUT2D eigenvalue weighted by atomic mass is 35.5. The molecule has 5 nitrogen and oxygen atoms in total. The summed E-state index contributed by atoms with van der Waals surface area (Å²) in [5.74, 6) is 0.944. The zero-order chi connectivity index (χ0) is 19.5. The van der Waals surface area contributed by atoms with Crippen molar-refractivity contribution in [1.29, 1.82) is 0 Å². The van der Waals surface area contributed by atoms with Crippen LogP contribution in [0.4, 0.5) is 5.69 Å². The van der Waals surface area contributed by atoms with Crippen LogP contribution in [0, 0.1) is 0 Å². The van der Waals surface area contributed by atoms with Crippen molar-refractivity contribution in [2.24, 2.45) is 0 Å². The molecule has 1 N–H and O–H groups in total. The van der Waals surface area contributed by atoms with Gasteiger partial charge in [0.25, 0.3) is 5.91 Å². The highest BCUT2D eigenvalue weighted by Gasteiger charge is 2.16. The fraction of sp³-hybridized carbons (Fsp3) is 0.364. The van der Waals surface area contributed by atoms with Crippen molar-refractivity contribution >= 4 is 34.2 Å². The molecular formula is C22H25ClN4O. The van der Waals surface area contributed by atoms with Crippen LogP contribution >= 0.6 is 11.6 Å². The summed E-state index contributed by atoms with van der Waals surface area (Å²) in [7, 11) is 0. The number of fused-ring (bicyclic) bond motifs is 1. The molecule has 0 atom stereocenters. The van der Waals surface area contributed by atoms with Crippen molar-refractivity contribution < 1.29 is 4.79 Å². The molecule has 1 fully saturated rings. The molecule has 0 radical (unpaired) electrons. The van der Waals surface area contributed by atoms with Gasteiger partial charge in [-0.25, -0.2) is 4.98 Å². The number of benzene rings is 2. The summed E-state index contributed by atoms with van der Waals surface area (Å²) in [6, 6.07) is 12.8. The summed E-state index contributed by atoms with van der Waals surface area (Å²) < 4.78 is 2.27. The highest BCUT2D eigenvalue weighted by molar-refractivity contribution is 6.30. The summed E-state index contributed by atoms with van der Waals surface area (Å²) in [5, 5.41) is 3.57. The van der Waals surface area contributed by atoms with E-state index in [9.17, 15) is 4.79 Å². The second-order valence-corrected chi connectivity index (χ2v) is 7.71. The quantitative estimate of drug-likeness (QED) is 0.664. The molecule has 1 aromatic heterocycles. The molecule has 2 aromatic carbocycles. The third-order valence-electron chi connectivity index (χ3n) is 5.32. The molecule has 146 valence electrons. The molecule has 3 aromatic rings. The molecule has 0 spiro atoms. The van der Waals surface area contributed by atoms with Gasteiger partial charge >= 0.3 is 0 Å². The molecule has 0 saturated carbocycles. The number of carbonyl (C=O) groups is 1. The number of likely N-dealkylation sites (tertiary alicyclic amines) is 1. The van der Waals surface area contributed by atoms with Crippen LogP contribution in [0.2, 0.25) is 5.02 Å². The number of amides is 1. The topological polar surface area (TPSA) is 50.2 Å². The lowest BCUT2D eigenvalue weighted by Gasteiger charge is -2.26. The van der Waals surface area contributed by atoms with Gasteiger partial charge in [0.1, 0.15) is 5.82 Å². The number of aryl methyl sites for hydroxylation is 1. The SMILES string of the molecule is CCn1c(CN2CCCCC2)nc2cc(NC(=O)c3ccc(Cl)cc3)ccc21. The Morgan fingerprint density at radius 1 is 1.11 bits per heavy atom. The van der Waals surface area contributed by atoms with Crippen LogP contribution in [0.3, 0.4) is 0 Å². The van der Waals surface area contributed by atoms with E-state index in [4.69, 9.17) is 16.6 Å². The number of aromatic nitrogens is 2. The maximum Gasteiger partial charge on any atom is 0.255 e. The average molecular weight is 397 g/mol. The maximum atomic E-state index is 12.5. The van der Waals surface area contributed by atoms with Crippen LogP contribution in [0.15, 0.2) is 42.5 Å². The molecule has 28 heavy (non-hydrogen) atoms. The van der Waals surface area contributed by atoms with Gasteiger partial charge in [-0.2, -0.15) is 0 Å². The number of anilines is 1. The highest BCUT2D eigenvalue weighted by Crippen LogP contribution is 2.23. The Kier molecular flexibility index (Phi) is 5.64. The monoisotopic (exact) mass is 396 g/mol. The molecule has 0 bridgehead atoms. The van der Waals surface area contributed by atoms with Crippen molar-refractivity contribution in [2.45, 2.75) is 39.3 Å². The van der Waals surface area contributed by atoms with Crippen molar-refractivity contribution in [3.8, 4) is 0 Å². The summed E-state index contributed by atoms with van der Waals surface area (Å²) in [5.41, 5.74) is 3.36. The Morgan fingerprint density at radius 2 is 1.86 bits per heavy atom. The average Bonchev–Trinajstić information content (AvgIpc) is 3.05. The lowest BCUT2D eigenvalue weighted by atomic mass is 10.1. The zero-order valence-corrected chi connectivity index (χ0v) is 16.9. The number of carbonyl (C=O) groups excluding carboxylic acids is 1. The first-order valence-corrected chi connectivity index (χ1v) is 10.3. The van der Waals surface area contributed by atoms with E-state index in [2.05, 4.69) is 21.7 Å². The molecule has 0 aliphatic carbocycles. The van der Waals surface area contributed by atoms with Gasteiger partial charge in [0.2, 0.25) is 0 Å². The van der Waals surface area contributed by atoms with Gasteiger partial charge in [-0.1, -0.05) is 18.0 Å².